The van der Waals surface area contributed by atoms with E-state index in [1.165, 1.54) is 0 Å². The number of carbonyl (C=O) groups is 1. The van der Waals surface area contributed by atoms with Crippen molar-refractivity contribution in [3.63, 3.8) is 0 Å². The molecule has 0 radical (unpaired) electrons. The normalized spacial score (nSPS) is 16.3. The molecule has 1 aliphatic heterocycles. The van der Waals surface area contributed by atoms with Gasteiger partial charge in [0.15, 0.2) is 0 Å². The van der Waals surface area contributed by atoms with Crippen molar-refractivity contribution in [1.82, 2.24) is 10.2 Å². The maximum Gasteiger partial charge on any atom is 0.254 e. The number of hydrogen-bond donors (Lipinski definition) is 2. The molecular formula is C15H22N2O2. The molecule has 19 heavy (non-hydrogen) atoms. The van der Waals surface area contributed by atoms with Gasteiger partial charge in [0.1, 0.15) is 5.75 Å². The first-order valence-corrected chi connectivity index (χ1v) is 6.94. The number of rotatable bonds is 3. The number of hydrogen-bond acceptors (Lipinski definition) is 3. The smallest absolute Gasteiger partial charge is 0.254 e. The molecule has 0 atom stereocenters. The Bertz CT molecular complexity index is 453. The molecule has 1 aliphatic rings. The maximum atomic E-state index is 12.6. The molecule has 4 nitrogen and oxygen atoms in total. The summed E-state index contributed by atoms with van der Waals surface area (Å²) in [5.41, 5.74) is 1.52. The van der Waals surface area contributed by atoms with Gasteiger partial charge in [-0.2, -0.15) is 0 Å². The number of amides is 1. The minimum absolute atomic E-state index is 0.0758. The van der Waals surface area contributed by atoms with Gasteiger partial charge in [0.2, 0.25) is 0 Å². The molecule has 0 unspecified atom stereocenters. The summed E-state index contributed by atoms with van der Waals surface area (Å²) in [6, 6.07) is 5.27. The van der Waals surface area contributed by atoms with Crippen LogP contribution in [0.15, 0.2) is 18.2 Å². The van der Waals surface area contributed by atoms with Gasteiger partial charge in [-0.15, -0.1) is 0 Å². The summed E-state index contributed by atoms with van der Waals surface area (Å²) >= 11 is 0. The maximum absolute atomic E-state index is 12.6. The van der Waals surface area contributed by atoms with E-state index >= 15 is 0 Å². The number of phenols is 1. The third kappa shape index (κ3) is 3.07. The monoisotopic (exact) mass is 262 g/mol. The largest absolute Gasteiger partial charge is 0.508 e. The predicted molar refractivity (Wildman–Crippen MR) is 75.4 cm³/mol. The van der Waals surface area contributed by atoms with E-state index in [1.807, 2.05) is 18.7 Å². The SMILES string of the molecule is CCN(C(=O)c1ccc(O)cc1C)C1CCNCC1. The molecule has 1 aromatic carbocycles. The summed E-state index contributed by atoms with van der Waals surface area (Å²) < 4.78 is 0. The Morgan fingerprint density at radius 2 is 2.11 bits per heavy atom. The van der Waals surface area contributed by atoms with Crippen molar-refractivity contribution in [3.8, 4) is 5.75 Å². The summed E-state index contributed by atoms with van der Waals surface area (Å²) in [6.45, 7) is 6.56. The van der Waals surface area contributed by atoms with Crippen molar-refractivity contribution in [1.29, 1.82) is 0 Å². The number of carbonyl (C=O) groups excluding carboxylic acids is 1. The van der Waals surface area contributed by atoms with Gasteiger partial charge >= 0.3 is 0 Å². The summed E-state index contributed by atoms with van der Waals surface area (Å²) in [4.78, 5) is 14.6. The van der Waals surface area contributed by atoms with E-state index in [-0.39, 0.29) is 11.7 Å². The predicted octanol–water partition coefficient (Wildman–Crippen LogP) is 1.91. The van der Waals surface area contributed by atoms with Crippen LogP contribution in [0.25, 0.3) is 0 Å². The highest BCUT2D eigenvalue weighted by Crippen LogP contribution is 2.20. The molecule has 4 heteroatoms. The number of phenolic OH excluding ortho intramolecular Hbond substituents is 1. The lowest BCUT2D eigenvalue weighted by molar-refractivity contribution is 0.0655. The van der Waals surface area contributed by atoms with Crippen molar-refractivity contribution in [2.45, 2.75) is 32.7 Å². The molecule has 1 heterocycles. The molecule has 0 aliphatic carbocycles. The van der Waals surface area contributed by atoms with Gasteiger partial charge in [-0.05, 0) is 63.5 Å². The Hall–Kier alpha value is -1.55. The first kappa shape index (κ1) is 13.9. The number of piperidine rings is 1. The molecular weight excluding hydrogens is 240 g/mol. The van der Waals surface area contributed by atoms with Crippen molar-refractivity contribution >= 4 is 5.91 Å². The van der Waals surface area contributed by atoms with E-state index in [2.05, 4.69) is 5.32 Å². The molecule has 0 bridgehead atoms. The van der Waals surface area contributed by atoms with Crippen LogP contribution in [0.3, 0.4) is 0 Å². The van der Waals surface area contributed by atoms with Crippen LogP contribution in [-0.2, 0) is 0 Å². The molecule has 2 rings (SSSR count). The molecule has 1 aromatic rings. The van der Waals surface area contributed by atoms with Crippen LogP contribution in [-0.4, -0.2) is 41.6 Å². The number of benzene rings is 1. The van der Waals surface area contributed by atoms with Crippen molar-refractivity contribution < 1.29 is 9.90 Å². The fraction of sp³-hybridized carbons (Fsp3) is 0.533. The second kappa shape index (κ2) is 6.06. The Balaban J connectivity index is 2.19. The molecule has 0 saturated carbocycles. The van der Waals surface area contributed by atoms with Gasteiger partial charge in [0.25, 0.3) is 5.91 Å². The zero-order valence-corrected chi connectivity index (χ0v) is 11.6. The summed E-state index contributed by atoms with van der Waals surface area (Å²) in [5, 5.41) is 12.8. The van der Waals surface area contributed by atoms with Crippen molar-refractivity contribution in [3.05, 3.63) is 29.3 Å². The summed E-state index contributed by atoms with van der Waals surface area (Å²) in [7, 11) is 0. The zero-order chi connectivity index (χ0) is 13.8. The standard InChI is InChI=1S/C15H22N2O2/c1-3-17(12-6-8-16-9-7-12)15(19)14-5-4-13(18)10-11(14)2/h4-5,10,12,16,18H,3,6-9H2,1-2H3. The number of aromatic hydroxyl groups is 1. The van der Waals surface area contributed by atoms with Crippen LogP contribution >= 0.6 is 0 Å². The second-order valence-electron chi connectivity index (χ2n) is 5.07. The Morgan fingerprint density at radius 3 is 2.68 bits per heavy atom. The Kier molecular flexibility index (Phi) is 4.43. The fourth-order valence-corrected chi connectivity index (χ4v) is 2.73. The highest BCUT2D eigenvalue weighted by atomic mass is 16.3. The molecule has 1 saturated heterocycles. The lowest BCUT2D eigenvalue weighted by Gasteiger charge is -2.34. The van der Waals surface area contributed by atoms with Gasteiger partial charge in [0.05, 0.1) is 0 Å². The third-order valence-electron chi connectivity index (χ3n) is 3.79. The average molecular weight is 262 g/mol. The lowest BCUT2D eigenvalue weighted by atomic mass is 10.0. The first-order chi connectivity index (χ1) is 9.13. The Labute approximate surface area is 114 Å². The van der Waals surface area contributed by atoms with Crippen LogP contribution in [0.4, 0.5) is 0 Å². The Morgan fingerprint density at radius 1 is 1.42 bits per heavy atom. The van der Waals surface area contributed by atoms with Crippen molar-refractivity contribution in [2.75, 3.05) is 19.6 Å². The van der Waals surface area contributed by atoms with Crippen LogP contribution in [0, 0.1) is 6.92 Å². The molecule has 1 fully saturated rings. The van der Waals surface area contributed by atoms with E-state index in [0.717, 1.165) is 38.0 Å². The van der Waals surface area contributed by atoms with Gasteiger partial charge in [-0.1, -0.05) is 0 Å². The second-order valence-corrected chi connectivity index (χ2v) is 5.07. The van der Waals surface area contributed by atoms with Gasteiger partial charge in [0, 0.05) is 18.2 Å². The van der Waals surface area contributed by atoms with Crippen LogP contribution in [0.1, 0.15) is 35.7 Å². The van der Waals surface area contributed by atoms with E-state index in [9.17, 15) is 9.90 Å². The number of nitrogens with zero attached hydrogens (tertiary/aromatic N) is 1. The molecule has 104 valence electrons. The minimum atomic E-state index is 0.0758. The quantitative estimate of drug-likeness (QED) is 0.875. The molecule has 1 amide bonds. The summed E-state index contributed by atoms with van der Waals surface area (Å²) in [6.07, 6.45) is 2.02. The van der Waals surface area contributed by atoms with E-state index in [1.54, 1.807) is 18.2 Å². The highest BCUT2D eigenvalue weighted by molar-refractivity contribution is 5.96. The van der Waals surface area contributed by atoms with Crippen LogP contribution in [0.5, 0.6) is 5.75 Å². The van der Waals surface area contributed by atoms with E-state index in [4.69, 9.17) is 0 Å². The minimum Gasteiger partial charge on any atom is -0.508 e. The lowest BCUT2D eigenvalue weighted by Crippen LogP contribution is -2.46. The van der Waals surface area contributed by atoms with Gasteiger partial charge in [-0.3, -0.25) is 4.79 Å². The third-order valence-corrected chi connectivity index (χ3v) is 3.79. The van der Waals surface area contributed by atoms with Crippen LogP contribution < -0.4 is 5.32 Å². The molecule has 0 spiro atoms. The topological polar surface area (TPSA) is 52.6 Å². The molecule has 2 N–H and O–H groups in total. The fourth-order valence-electron chi connectivity index (χ4n) is 2.73. The first-order valence-electron chi connectivity index (χ1n) is 6.94. The van der Waals surface area contributed by atoms with Crippen molar-refractivity contribution in [2.24, 2.45) is 0 Å². The van der Waals surface area contributed by atoms with E-state index < -0.39 is 0 Å². The number of aryl methyl sites for hydroxylation is 1. The van der Waals surface area contributed by atoms with Gasteiger partial charge in [-0.25, -0.2) is 0 Å². The molecule has 0 aromatic heterocycles. The zero-order valence-electron chi connectivity index (χ0n) is 11.6. The average Bonchev–Trinajstić information content (AvgIpc) is 2.40. The number of nitrogens with one attached hydrogen (secondary N) is 1. The van der Waals surface area contributed by atoms with Crippen LogP contribution in [0.2, 0.25) is 0 Å². The summed E-state index contributed by atoms with van der Waals surface area (Å²) in [5.74, 6) is 0.283. The highest BCUT2D eigenvalue weighted by Gasteiger charge is 2.25. The van der Waals surface area contributed by atoms with Gasteiger partial charge < -0.3 is 15.3 Å². The van der Waals surface area contributed by atoms with E-state index in [0.29, 0.717) is 11.6 Å².